The Morgan fingerprint density at radius 2 is 1.87 bits per heavy atom. The molecule has 2 N–H and O–H groups in total. The van der Waals surface area contributed by atoms with E-state index in [1.54, 1.807) is 7.11 Å². The highest BCUT2D eigenvalue weighted by Crippen LogP contribution is 2.37. The first-order valence-electron chi connectivity index (χ1n) is 12.0. The number of rotatable bonds is 12. The second-order valence-electron chi connectivity index (χ2n) is 10.3. The first kappa shape index (κ1) is 25.0. The van der Waals surface area contributed by atoms with Gasteiger partial charge >= 0.3 is 0 Å². The molecule has 0 unspecified atom stereocenters. The van der Waals surface area contributed by atoms with Crippen LogP contribution in [0.15, 0.2) is 18.2 Å². The van der Waals surface area contributed by atoms with Gasteiger partial charge in [0.25, 0.3) is 0 Å². The number of ether oxygens (including phenoxy) is 3. The lowest BCUT2D eigenvalue weighted by molar-refractivity contribution is -0.671. The molecule has 1 aliphatic heterocycles. The smallest absolute Gasteiger partial charge is 0.161 e. The molecule has 0 aliphatic carbocycles. The Kier molecular flexibility index (Phi) is 9.96. The lowest BCUT2D eigenvalue weighted by atomic mass is 9.75. The molecule has 1 heterocycles. The molecule has 30 heavy (non-hydrogen) atoms. The van der Waals surface area contributed by atoms with Gasteiger partial charge in [-0.25, -0.2) is 0 Å². The van der Waals surface area contributed by atoms with Crippen molar-refractivity contribution in [3.63, 3.8) is 0 Å². The van der Waals surface area contributed by atoms with Crippen LogP contribution in [0.5, 0.6) is 11.5 Å². The van der Waals surface area contributed by atoms with Crippen molar-refractivity contribution in [2.75, 3.05) is 20.3 Å². The van der Waals surface area contributed by atoms with E-state index in [0.29, 0.717) is 0 Å². The number of hydrogen-bond acceptors (Lipinski definition) is 3. The summed E-state index contributed by atoms with van der Waals surface area (Å²) in [5.74, 6) is 4.04. The van der Waals surface area contributed by atoms with Crippen molar-refractivity contribution >= 4 is 0 Å². The lowest BCUT2D eigenvalue weighted by Gasteiger charge is -2.39. The summed E-state index contributed by atoms with van der Waals surface area (Å²) in [7, 11) is 1.71. The van der Waals surface area contributed by atoms with Gasteiger partial charge in [-0.15, -0.1) is 0 Å². The topological polar surface area (TPSA) is 44.3 Å². The Balaban J connectivity index is 1.88. The van der Waals surface area contributed by atoms with Crippen molar-refractivity contribution in [1.29, 1.82) is 0 Å². The van der Waals surface area contributed by atoms with E-state index in [0.717, 1.165) is 42.4 Å². The van der Waals surface area contributed by atoms with Crippen LogP contribution < -0.4 is 14.8 Å². The molecule has 1 aromatic rings. The van der Waals surface area contributed by atoms with Crippen LogP contribution >= 0.6 is 0 Å². The van der Waals surface area contributed by atoms with Crippen LogP contribution in [-0.4, -0.2) is 32.0 Å². The zero-order valence-corrected chi connectivity index (χ0v) is 20.5. The van der Waals surface area contributed by atoms with E-state index in [2.05, 4.69) is 45.1 Å². The first-order chi connectivity index (χ1) is 14.2. The summed E-state index contributed by atoms with van der Waals surface area (Å²) in [4.78, 5) is 0. The van der Waals surface area contributed by atoms with Crippen LogP contribution in [0.2, 0.25) is 0 Å². The molecule has 1 aromatic carbocycles. The molecular weight excluding hydrogens is 374 g/mol. The minimum atomic E-state index is 0.0407. The molecule has 4 heteroatoms. The zero-order valence-electron chi connectivity index (χ0n) is 20.5. The summed E-state index contributed by atoms with van der Waals surface area (Å²) < 4.78 is 17.3. The molecule has 0 spiro atoms. The monoisotopic (exact) mass is 420 g/mol. The number of benzene rings is 1. The van der Waals surface area contributed by atoms with E-state index in [9.17, 15) is 0 Å². The van der Waals surface area contributed by atoms with Crippen molar-refractivity contribution in [2.24, 2.45) is 17.8 Å². The Hall–Kier alpha value is -1.26. The fourth-order valence-corrected chi connectivity index (χ4v) is 4.64. The van der Waals surface area contributed by atoms with Crippen LogP contribution in [-0.2, 0) is 11.3 Å². The third-order valence-corrected chi connectivity index (χ3v) is 6.23. The maximum atomic E-state index is 5.98. The van der Waals surface area contributed by atoms with Gasteiger partial charge in [0.2, 0.25) is 0 Å². The number of methoxy groups -OCH3 is 1. The van der Waals surface area contributed by atoms with Gasteiger partial charge in [-0.05, 0) is 89.3 Å². The summed E-state index contributed by atoms with van der Waals surface area (Å²) in [6.45, 7) is 16.3. The van der Waals surface area contributed by atoms with Gasteiger partial charge in [-0.3, -0.25) is 0 Å². The van der Waals surface area contributed by atoms with E-state index >= 15 is 0 Å². The molecule has 0 aromatic heterocycles. The largest absolute Gasteiger partial charge is 0.493 e. The maximum absolute atomic E-state index is 5.98. The summed E-state index contributed by atoms with van der Waals surface area (Å²) in [6, 6.07) is 6.32. The van der Waals surface area contributed by atoms with Gasteiger partial charge in [-0.1, -0.05) is 20.3 Å². The molecule has 0 radical (unpaired) electrons. The minimum Gasteiger partial charge on any atom is -0.493 e. The number of nitrogens with two attached hydrogens (primary N) is 1. The molecule has 2 rings (SSSR count). The average molecular weight is 421 g/mol. The summed E-state index contributed by atoms with van der Waals surface area (Å²) in [6.07, 6.45) is 6.54. The minimum absolute atomic E-state index is 0.0407. The third kappa shape index (κ3) is 8.47. The van der Waals surface area contributed by atoms with Gasteiger partial charge < -0.3 is 19.5 Å². The van der Waals surface area contributed by atoms with Crippen LogP contribution in [0.4, 0.5) is 0 Å². The Labute approximate surface area is 185 Å². The SMILES string of the molecule is COc1cc(C[NH2+]CC[C@H](CCC(C)C)[C@@H]2CCOC(C)(C)C2)ccc1OC(C)C. The third-order valence-electron chi connectivity index (χ3n) is 6.23. The standard InChI is InChI=1S/C26H45NO3/c1-19(2)8-10-22(23-13-15-29-26(5,6)17-23)12-14-27-18-21-9-11-24(30-20(3)4)25(16-21)28-7/h9,11,16,19-20,22-23,27H,8,10,12-15,17-18H2,1-7H3/p+1/t22-,23+/m0/s1. The first-order valence-corrected chi connectivity index (χ1v) is 12.0. The van der Waals surface area contributed by atoms with E-state index in [1.165, 1.54) is 44.2 Å². The second-order valence-corrected chi connectivity index (χ2v) is 10.3. The zero-order chi connectivity index (χ0) is 22.1. The van der Waals surface area contributed by atoms with Crippen molar-refractivity contribution in [3.05, 3.63) is 23.8 Å². The van der Waals surface area contributed by atoms with Crippen LogP contribution in [0, 0.1) is 17.8 Å². The van der Waals surface area contributed by atoms with Crippen LogP contribution in [0.3, 0.4) is 0 Å². The van der Waals surface area contributed by atoms with Gasteiger partial charge in [0.05, 0.1) is 25.4 Å². The highest BCUT2D eigenvalue weighted by atomic mass is 16.5. The Morgan fingerprint density at radius 3 is 2.50 bits per heavy atom. The Morgan fingerprint density at radius 1 is 1.10 bits per heavy atom. The van der Waals surface area contributed by atoms with Gasteiger partial charge in [0.15, 0.2) is 11.5 Å². The molecule has 4 nitrogen and oxygen atoms in total. The highest BCUT2D eigenvalue weighted by Gasteiger charge is 2.33. The predicted molar refractivity (Wildman–Crippen MR) is 124 cm³/mol. The summed E-state index contributed by atoms with van der Waals surface area (Å²) in [5.41, 5.74) is 1.33. The van der Waals surface area contributed by atoms with Gasteiger partial charge in [0, 0.05) is 12.2 Å². The molecule has 2 atom stereocenters. The normalized spacial score (nSPS) is 19.8. The van der Waals surface area contributed by atoms with Crippen molar-refractivity contribution in [3.8, 4) is 11.5 Å². The van der Waals surface area contributed by atoms with Crippen LogP contribution in [0.25, 0.3) is 0 Å². The van der Waals surface area contributed by atoms with E-state index in [1.807, 2.05) is 19.9 Å². The van der Waals surface area contributed by atoms with Gasteiger partial charge in [-0.2, -0.15) is 0 Å². The predicted octanol–water partition coefficient (Wildman–Crippen LogP) is 5.19. The quantitative estimate of drug-likeness (QED) is 0.473. The van der Waals surface area contributed by atoms with E-state index in [4.69, 9.17) is 14.2 Å². The summed E-state index contributed by atoms with van der Waals surface area (Å²) >= 11 is 0. The molecule has 1 fully saturated rings. The molecule has 172 valence electrons. The van der Waals surface area contributed by atoms with Crippen molar-refractivity contribution in [2.45, 2.75) is 91.9 Å². The fourth-order valence-electron chi connectivity index (χ4n) is 4.64. The van der Waals surface area contributed by atoms with Crippen molar-refractivity contribution in [1.82, 2.24) is 0 Å². The summed E-state index contributed by atoms with van der Waals surface area (Å²) in [5, 5.41) is 2.45. The highest BCUT2D eigenvalue weighted by molar-refractivity contribution is 5.42. The number of quaternary nitrogens is 1. The molecule has 0 amide bonds. The van der Waals surface area contributed by atoms with E-state index in [-0.39, 0.29) is 11.7 Å². The molecule has 1 aliphatic rings. The average Bonchev–Trinajstić information content (AvgIpc) is 2.66. The fraction of sp³-hybridized carbons (Fsp3) is 0.769. The number of hydrogen-bond donors (Lipinski definition) is 1. The van der Waals surface area contributed by atoms with Crippen molar-refractivity contribution < 1.29 is 19.5 Å². The van der Waals surface area contributed by atoms with Crippen LogP contribution in [0.1, 0.15) is 79.2 Å². The second kappa shape index (κ2) is 12.0. The lowest BCUT2D eigenvalue weighted by Crippen LogP contribution is -2.82. The molecule has 1 saturated heterocycles. The molecular formula is C26H46NO3+. The molecule has 0 saturated carbocycles. The maximum Gasteiger partial charge on any atom is 0.161 e. The van der Waals surface area contributed by atoms with E-state index < -0.39 is 0 Å². The molecule has 0 bridgehead atoms. The Bertz CT molecular complexity index is 627. The van der Waals surface area contributed by atoms with Gasteiger partial charge in [0.1, 0.15) is 6.54 Å².